The number of rotatable bonds is 8. The Morgan fingerprint density at radius 1 is 1.03 bits per heavy atom. The van der Waals surface area contributed by atoms with E-state index in [9.17, 15) is 9.59 Å². The van der Waals surface area contributed by atoms with E-state index in [4.69, 9.17) is 9.84 Å². The normalized spacial score (nSPS) is 14.1. The third-order valence-corrected chi connectivity index (χ3v) is 6.42. The molecule has 2 aromatic carbocycles. The van der Waals surface area contributed by atoms with Gasteiger partial charge in [-0.2, -0.15) is 5.10 Å². The average molecular weight is 490 g/mol. The number of para-hydroxylation sites is 3. The minimum absolute atomic E-state index is 0.00267. The molecule has 1 aliphatic rings. The first-order valence-electron chi connectivity index (χ1n) is 12.6. The van der Waals surface area contributed by atoms with Crippen LogP contribution < -0.4 is 20.3 Å². The van der Waals surface area contributed by atoms with E-state index in [1.54, 1.807) is 0 Å². The smallest absolute Gasteiger partial charge is 0.227 e. The van der Waals surface area contributed by atoms with Gasteiger partial charge in [-0.05, 0) is 51.0 Å². The van der Waals surface area contributed by atoms with Gasteiger partial charge in [-0.1, -0.05) is 44.2 Å². The van der Waals surface area contributed by atoms with E-state index in [1.807, 2.05) is 87.0 Å². The van der Waals surface area contributed by atoms with E-state index in [2.05, 4.69) is 15.5 Å². The van der Waals surface area contributed by atoms with Crippen LogP contribution in [0.3, 0.4) is 0 Å². The minimum Gasteiger partial charge on any atom is -0.492 e. The van der Waals surface area contributed by atoms with E-state index >= 15 is 0 Å². The highest BCUT2D eigenvalue weighted by atomic mass is 16.5. The maximum atomic E-state index is 13.1. The monoisotopic (exact) mass is 489 g/mol. The molecule has 1 saturated heterocycles. The highest BCUT2D eigenvalue weighted by Gasteiger charge is 2.30. The second-order valence-electron chi connectivity index (χ2n) is 9.36. The van der Waals surface area contributed by atoms with Crippen LogP contribution in [0.5, 0.6) is 5.75 Å². The van der Waals surface area contributed by atoms with Gasteiger partial charge in [-0.15, -0.1) is 0 Å². The van der Waals surface area contributed by atoms with Crippen molar-refractivity contribution >= 4 is 29.0 Å². The average Bonchev–Trinajstić information content (AvgIpc) is 3.21. The number of ether oxygens (including phenoxy) is 1. The molecule has 8 nitrogen and oxygen atoms in total. The zero-order valence-corrected chi connectivity index (χ0v) is 21.5. The third kappa shape index (κ3) is 5.53. The summed E-state index contributed by atoms with van der Waals surface area (Å²) in [5, 5.41) is 10.9. The Labute approximate surface area is 212 Å². The van der Waals surface area contributed by atoms with E-state index in [0.717, 1.165) is 22.9 Å². The summed E-state index contributed by atoms with van der Waals surface area (Å²) in [6.45, 7) is 9.47. The number of hydrogen-bond acceptors (Lipinski definition) is 5. The number of carbonyl (C=O) groups is 2. The first-order valence-corrected chi connectivity index (χ1v) is 12.6. The predicted molar refractivity (Wildman–Crippen MR) is 143 cm³/mol. The number of carbonyl (C=O) groups excluding carboxylic acids is 2. The van der Waals surface area contributed by atoms with Gasteiger partial charge in [0.25, 0.3) is 0 Å². The number of benzene rings is 2. The summed E-state index contributed by atoms with van der Waals surface area (Å²) < 4.78 is 7.54. The topological polar surface area (TPSA) is 88.5 Å². The van der Waals surface area contributed by atoms with Crippen molar-refractivity contribution in [3.63, 3.8) is 0 Å². The third-order valence-electron chi connectivity index (χ3n) is 6.42. The molecular formula is C28H35N5O3. The zero-order chi connectivity index (χ0) is 25.7. The number of aromatic nitrogens is 2. The molecule has 2 N–H and O–H groups in total. The largest absolute Gasteiger partial charge is 0.492 e. The predicted octanol–water partition coefficient (Wildman–Crippen LogP) is 5.03. The molecule has 2 heterocycles. The molecule has 0 atom stereocenters. The highest BCUT2D eigenvalue weighted by molar-refractivity contribution is 5.96. The number of anilines is 3. The number of nitrogens with one attached hydrogen (secondary N) is 2. The fraction of sp³-hybridized carbons (Fsp3) is 0.393. The lowest BCUT2D eigenvalue weighted by molar-refractivity contribution is -0.120. The maximum absolute atomic E-state index is 13.1. The molecule has 36 heavy (non-hydrogen) atoms. The fourth-order valence-corrected chi connectivity index (χ4v) is 4.41. The van der Waals surface area contributed by atoms with Crippen LogP contribution in [-0.4, -0.2) is 41.3 Å². The van der Waals surface area contributed by atoms with Gasteiger partial charge in [0, 0.05) is 24.9 Å². The number of hydrogen-bond donors (Lipinski definition) is 2. The van der Waals surface area contributed by atoms with Gasteiger partial charge in [-0.3, -0.25) is 9.59 Å². The summed E-state index contributed by atoms with van der Waals surface area (Å²) in [7, 11) is 0. The van der Waals surface area contributed by atoms with Gasteiger partial charge in [-0.25, -0.2) is 4.68 Å². The van der Waals surface area contributed by atoms with Crippen LogP contribution in [-0.2, 0) is 9.59 Å². The summed E-state index contributed by atoms with van der Waals surface area (Å²) in [5.74, 6) is 1.23. The second kappa shape index (κ2) is 11.3. The lowest BCUT2D eigenvalue weighted by Gasteiger charge is -2.33. The Hall–Kier alpha value is -3.81. The molecule has 0 unspecified atom stereocenters. The van der Waals surface area contributed by atoms with Gasteiger partial charge >= 0.3 is 0 Å². The molecule has 2 amide bonds. The molecule has 190 valence electrons. The van der Waals surface area contributed by atoms with E-state index < -0.39 is 0 Å². The van der Waals surface area contributed by atoms with E-state index in [0.29, 0.717) is 44.0 Å². The van der Waals surface area contributed by atoms with E-state index in [1.165, 1.54) is 0 Å². The summed E-state index contributed by atoms with van der Waals surface area (Å²) in [5.41, 5.74) is 3.11. The summed E-state index contributed by atoms with van der Waals surface area (Å²) in [4.78, 5) is 27.9. The standard InChI is InChI=1S/C28H35N5O3/c1-5-36-24-14-10-9-13-23(24)29-27(35)21-15-17-32(18-16-21)28-25(30-26(34)19(2)3)20(4)31-33(28)22-11-7-6-8-12-22/h6-14,19,21H,5,15-18H2,1-4H3,(H,29,35)(H,30,34). The van der Waals surface area contributed by atoms with Gasteiger partial charge < -0.3 is 20.3 Å². The molecule has 0 aliphatic carbocycles. The molecule has 8 heteroatoms. The molecule has 3 aromatic rings. The molecule has 4 rings (SSSR count). The van der Waals surface area contributed by atoms with Crippen LogP contribution in [0, 0.1) is 18.8 Å². The van der Waals surface area contributed by atoms with Crippen LogP contribution in [0.1, 0.15) is 39.3 Å². The molecule has 1 fully saturated rings. The zero-order valence-electron chi connectivity index (χ0n) is 21.5. The highest BCUT2D eigenvalue weighted by Crippen LogP contribution is 2.35. The van der Waals surface area contributed by atoms with Crippen LogP contribution >= 0.6 is 0 Å². The summed E-state index contributed by atoms with van der Waals surface area (Å²) in [6, 6.07) is 17.4. The van der Waals surface area contributed by atoms with Gasteiger partial charge in [0.05, 0.1) is 23.7 Å². The first-order chi connectivity index (χ1) is 17.4. The fourth-order valence-electron chi connectivity index (χ4n) is 4.41. The van der Waals surface area contributed by atoms with Gasteiger partial charge in [0.15, 0.2) is 5.82 Å². The molecule has 1 aliphatic heterocycles. The molecular weight excluding hydrogens is 454 g/mol. The van der Waals surface area contributed by atoms with Crippen LogP contribution in [0.15, 0.2) is 54.6 Å². The van der Waals surface area contributed by atoms with Crippen LogP contribution in [0.2, 0.25) is 0 Å². The molecule has 0 spiro atoms. The van der Waals surface area contributed by atoms with Crippen molar-refractivity contribution in [2.45, 2.75) is 40.5 Å². The Bertz CT molecular complexity index is 1200. The molecule has 0 saturated carbocycles. The van der Waals surface area contributed by atoms with Crippen LogP contribution in [0.25, 0.3) is 5.69 Å². The SMILES string of the molecule is CCOc1ccccc1NC(=O)C1CCN(c2c(NC(=O)C(C)C)c(C)nn2-c2ccccc2)CC1. The summed E-state index contributed by atoms with van der Waals surface area (Å²) in [6.07, 6.45) is 1.39. The number of nitrogens with zero attached hydrogens (tertiary/aromatic N) is 3. The molecule has 0 bridgehead atoms. The number of aryl methyl sites for hydroxylation is 1. The van der Waals surface area contributed by atoms with E-state index in [-0.39, 0.29) is 23.7 Å². The molecule has 0 radical (unpaired) electrons. The van der Waals surface area contributed by atoms with Crippen molar-refractivity contribution in [3.05, 3.63) is 60.3 Å². The lowest BCUT2D eigenvalue weighted by atomic mass is 9.95. The number of amides is 2. The Kier molecular flexibility index (Phi) is 7.93. The van der Waals surface area contributed by atoms with Crippen molar-refractivity contribution in [1.29, 1.82) is 0 Å². The van der Waals surface area contributed by atoms with Crippen molar-refractivity contribution in [2.75, 3.05) is 35.2 Å². The second-order valence-corrected chi connectivity index (χ2v) is 9.36. The Morgan fingerprint density at radius 2 is 1.69 bits per heavy atom. The molecule has 1 aromatic heterocycles. The quantitative estimate of drug-likeness (QED) is 0.463. The Balaban J connectivity index is 1.54. The van der Waals surface area contributed by atoms with Gasteiger partial charge in [0.1, 0.15) is 11.4 Å². The minimum atomic E-state index is -0.147. The summed E-state index contributed by atoms with van der Waals surface area (Å²) >= 11 is 0. The van der Waals surface area contributed by atoms with Crippen molar-refractivity contribution in [1.82, 2.24) is 9.78 Å². The first kappa shape index (κ1) is 25.3. The maximum Gasteiger partial charge on any atom is 0.227 e. The number of piperidine rings is 1. The lowest BCUT2D eigenvalue weighted by Crippen LogP contribution is -2.39. The van der Waals surface area contributed by atoms with Crippen molar-refractivity contribution < 1.29 is 14.3 Å². The van der Waals surface area contributed by atoms with Crippen molar-refractivity contribution in [2.24, 2.45) is 11.8 Å². The Morgan fingerprint density at radius 3 is 2.36 bits per heavy atom. The van der Waals surface area contributed by atoms with Crippen molar-refractivity contribution in [3.8, 4) is 11.4 Å². The van der Waals surface area contributed by atoms with Crippen LogP contribution in [0.4, 0.5) is 17.2 Å². The van der Waals surface area contributed by atoms with Gasteiger partial charge in [0.2, 0.25) is 11.8 Å².